The highest BCUT2D eigenvalue weighted by Gasteiger charge is 2.13. The molecule has 1 amide bonds. The number of carbonyl (C=O) groups is 1. The van der Waals surface area contributed by atoms with Gasteiger partial charge in [-0.15, -0.1) is 0 Å². The van der Waals surface area contributed by atoms with Gasteiger partial charge in [0, 0.05) is 22.7 Å². The molecular weight excluding hydrogens is 338 g/mol. The van der Waals surface area contributed by atoms with Crippen LogP contribution in [0.2, 0.25) is 5.02 Å². The highest BCUT2D eigenvalue weighted by molar-refractivity contribution is 6.34. The Balaban J connectivity index is 2.22. The van der Waals surface area contributed by atoms with Gasteiger partial charge in [-0.1, -0.05) is 35.9 Å². The van der Waals surface area contributed by atoms with Crippen LogP contribution in [0.5, 0.6) is 0 Å². The maximum atomic E-state index is 12.1. The molecule has 0 saturated heterocycles. The topological polar surface area (TPSA) is 98.7 Å². The second kappa shape index (κ2) is 6.59. The number of hydrogen-bond acceptors (Lipinski definition) is 2. The van der Waals surface area contributed by atoms with Crippen LogP contribution in [0.4, 0.5) is 5.69 Å². The quantitative estimate of drug-likeness (QED) is 0.420. The van der Waals surface area contributed by atoms with Crippen LogP contribution in [0.3, 0.4) is 0 Å². The lowest BCUT2D eigenvalue weighted by Gasteiger charge is -2.10. The molecule has 122 valence electrons. The second-order valence-corrected chi connectivity index (χ2v) is 5.62. The fourth-order valence-electron chi connectivity index (χ4n) is 2.48. The van der Waals surface area contributed by atoms with Crippen LogP contribution in [0, 0.1) is 6.57 Å². The van der Waals surface area contributed by atoms with E-state index in [9.17, 15) is 4.79 Å². The first-order valence-electron chi connectivity index (χ1n) is 7.19. The highest BCUT2D eigenvalue weighted by Crippen LogP contribution is 2.35. The van der Waals surface area contributed by atoms with E-state index in [0.717, 1.165) is 11.1 Å². The van der Waals surface area contributed by atoms with Crippen molar-refractivity contribution in [2.24, 2.45) is 16.5 Å². The summed E-state index contributed by atoms with van der Waals surface area (Å²) in [5, 5.41) is 1.13. The summed E-state index contributed by atoms with van der Waals surface area (Å²) in [6, 6.07) is 12.0. The smallest absolute Gasteiger partial charge is 0.280 e. The summed E-state index contributed by atoms with van der Waals surface area (Å²) in [6.07, 6.45) is 1.56. The molecule has 0 unspecified atom stereocenters. The number of benzene rings is 2. The summed E-state index contributed by atoms with van der Waals surface area (Å²) in [5.74, 6) is -0.847. The van der Waals surface area contributed by atoms with Crippen molar-refractivity contribution in [1.29, 1.82) is 0 Å². The van der Waals surface area contributed by atoms with Gasteiger partial charge in [0.25, 0.3) is 5.91 Å². The summed E-state index contributed by atoms with van der Waals surface area (Å²) in [7, 11) is 0. The number of nitrogens with two attached hydrogens (primary N) is 2. The molecule has 1 aromatic heterocycles. The predicted octanol–water partition coefficient (Wildman–Crippen LogP) is 3.52. The van der Waals surface area contributed by atoms with Crippen LogP contribution in [0.25, 0.3) is 26.9 Å². The van der Waals surface area contributed by atoms with Crippen molar-refractivity contribution in [3.63, 3.8) is 0 Å². The summed E-state index contributed by atoms with van der Waals surface area (Å²) < 4.78 is 0. The molecule has 1 heterocycles. The number of rotatable bonds is 2. The minimum Gasteiger partial charge on any atom is -0.370 e. The Labute approximate surface area is 148 Å². The highest BCUT2D eigenvalue weighted by atomic mass is 35.5. The van der Waals surface area contributed by atoms with Crippen LogP contribution in [-0.2, 0) is 0 Å². The van der Waals surface area contributed by atoms with E-state index in [-0.39, 0.29) is 5.96 Å². The van der Waals surface area contributed by atoms with Crippen LogP contribution < -0.4 is 11.5 Å². The van der Waals surface area contributed by atoms with E-state index in [1.807, 2.05) is 0 Å². The van der Waals surface area contributed by atoms with Gasteiger partial charge in [0.05, 0.1) is 17.1 Å². The minimum atomic E-state index is -0.545. The maximum Gasteiger partial charge on any atom is 0.280 e. The summed E-state index contributed by atoms with van der Waals surface area (Å²) >= 11 is 6.35. The molecule has 0 fully saturated rings. The summed E-state index contributed by atoms with van der Waals surface area (Å²) in [6.45, 7) is 7.04. The number of aliphatic imine (C=N–C) groups is 1. The number of carbonyl (C=O) groups excluding carboxylic acids is 1. The molecule has 7 heteroatoms. The number of fused-ring (bicyclic) bond motifs is 1. The number of hydrogen-bond donors (Lipinski definition) is 2. The molecule has 3 aromatic rings. The Morgan fingerprint density at radius 1 is 1.16 bits per heavy atom. The van der Waals surface area contributed by atoms with Crippen LogP contribution in [-0.4, -0.2) is 16.9 Å². The molecule has 0 saturated carbocycles. The summed E-state index contributed by atoms with van der Waals surface area (Å²) in [5.41, 5.74) is 13.6. The first kappa shape index (κ1) is 16.4. The lowest BCUT2D eigenvalue weighted by atomic mass is 9.99. The third-order valence-corrected chi connectivity index (χ3v) is 3.87. The number of pyridine rings is 1. The van der Waals surface area contributed by atoms with Crippen molar-refractivity contribution in [3.05, 3.63) is 70.7 Å². The van der Waals surface area contributed by atoms with E-state index in [1.165, 1.54) is 0 Å². The molecule has 0 radical (unpaired) electrons. The average Bonchev–Trinajstić information content (AvgIpc) is 2.60. The maximum absolute atomic E-state index is 12.1. The number of nitrogens with zero attached hydrogens (tertiary/aromatic N) is 3. The minimum absolute atomic E-state index is 0.302. The largest absolute Gasteiger partial charge is 0.370 e. The van der Waals surface area contributed by atoms with E-state index in [4.69, 9.17) is 29.6 Å². The van der Waals surface area contributed by atoms with E-state index in [1.54, 1.807) is 48.7 Å². The Morgan fingerprint density at radius 2 is 1.88 bits per heavy atom. The molecule has 3 rings (SSSR count). The van der Waals surface area contributed by atoms with Gasteiger partial charge in [-0.25, -0.2) is 4.85 Å². The molecule has 0 aliphatic heterocycles. The van der Waals surface area contributed by atoms with Gasteiger partial charge < -0.3 is 11.5 Å². The first-order valence-corrected chi connectivity index (χ1v) is 7.57. The van der Waals surface area contributed by atoms with Gasteiger partial charge in [-0.05, 0) is 23.8 Å². The van der Waals surface area contributed by atoms with Crippen molar-refractivity contribution in [2.45, 2.75) is 0 Å². The normalized spacial score (nSPS) is 10.2. The van der Waals surface area contributed by atoms with Crippen molar-refractivity contribution in [3.8, 4) is 11.1 Å². The van der Waals surface area contributed by atoms with Crippen molar-refractivity contribution in [1.82, 2.24) is 4.98 Å². The van der Waals surface area contributed by atoms with E-state index in [2.05, 4.69) is 14.8 Å². The lowest BCUT2D eigenvalue weighted by Crippen LogP contribution is -2.24. The fourth-order valence-corrected chi connectivity index (χ4v) is 2.74. The van der Waals surface area contributed by atoms with Gasteiger partial charge in [-0.3, -0.25) is 9.78 Å². The third-order valence-electron chi connectivity index (χ3n) is 3.58. The van der Waals surface area contributed by atoms with E-state index in [0.29, 0.717) is 27.2 Å². The Morgan fingerprint density at radius 3 is 2.52 bits per heavy atom. The fraction of sp³-hybridized carbons (Fsp3) is 0. The zero-order valence-electron chi connectivity index (χ0n) is 12.9. The van der Waals surface area contributed by atoms with Crippen LogP contribution >= 0.6 is 11.6 Å². The third kappa shape index (κ3) is 3.27. The zero-order chi connectivity index (χ0) is 18.0. The van der Waals surface area contributed by atoms with Crippen molar-refractivity contribution >= 4 is 40.1 Å². The molecular formula is C18H12ClN5O. The average molecular weight is 350 g/mol. The molecule has 0 aliphatic carbocycles. The Bertz CT molecular complexity index is 1050. The Kier molecular flexibility index (Phi) is 4.33. The van der Waals surface area contributed by atoms with Crippen molar-refractivity contribution in [2.75, 3.05) is 0 Å². The molecule has 0 atom stereocenters. The summed E-state index contributed by atoms with van der Waals surface area (Å²) in [4.78, 5) is 23.3. The van der Waals surface area contributed by atoms with Gasteiger partial charge in [-0.2, -0.15) is 4.99 Å². The molecule has 25 heavy (non-hydrogen) atoms. The van der Waals surface area contributed by atoms with Gasteiger partial charge in [0.2, 0.25) is 0 Å². The van der Waals surface area contributed by atoms with E-state index < -0.39 is 5.91 Å². The monoisotopic (exact) mass is 349 g/mol. The molecule has 2 aromatic carbocycles. The molecule has 6 nitrogen and oxygen atoms in total. The lowest BCUT2D eigenvalue weighted by molar-refractivity contribution is 0.100. The number of aromatic nitrogens is 1. The number of halogens is 1. The first-order chi connectivity index (χ1) is 12.0. The van der Waals surface area contributed by atoms with Gasteiger partial charge in [0.15, 0.2) is 11.6 Å². The number of amides is 1. The molecule has 0 bridgehead atoms. The molecule has 0 spiro atoms. The molecule has 4 N–H and O–H groups in total. The van der Waals surface area contributed by atoms with Gasteiger partial charge >= 0.3 is 0 Å². The van der Waals surface area contributed by atoms with Gasteiger partial charge in [0.1, 0.15) is 0 Å². The van der Waals surface area contributed by atoms with Crippen molar-refractivity contribution < 1.29 is 4.79 Å². The van der Waals surface area contributed by atoms with E-state index >= 15 is 0 Å². The second-order valence-electron chi connectivity index (χ2n) is 5.21. The SMILES string of the molecule is [C-]#[N+]c1ccc(-c2c(Cl)cnc3ccc(C(=O)N=C(N)N)cc23)cc1. The van der Waals surface area contributed by atoms with Crippen LogP contribution in [0.15, 0.2) is 53.7 Å². The molecule has 0 aliphatic rings. The number of guanidine groups is 1. The predicted molar refractivity (Wildman–Crippen MR) is 98.6 cm³/mol. The Hall–Kier alpha value is -3.43. The standard InChI is InChI=1S/C18H12ClN5O/c1-22-12-5-2-10(3-6-12)16-13-8-11(17(25)24-18(20)21)4-7-15(13)23-9-14(16)19/h2-9H,(H4,20,21,24,25). The van der Waals surface area contributed by atoms with Crippen LogP contribution in [0.1, 0.15) is 10.4 Å². The zero-order valence-corrected chi connectivity index (χ0v) is 13.7.